The number of methoxy groups -OCH3 is 1. The lowest BCUT2D eigenvalue weighted by atomic mass is 10.0. The molecule has 0 aliphatic carbocycles. The third-order valence-corrected chi connectivity index (χ3v) is 4.16. The summed E-state index contributed by atoms with van der Waals surface area (Å²) in [4.78, 5) is 6.37. The molecule has 2 aromatic carbocycles. The summed E-state index contributed by atoms with van der Waals surface area (Å²) in [6, 6.07) is 14.6. The van der Waals surface area contributed by atoms with Gasteiger partial charge >= 0.3 is 0 Å². The zero-order valence-electron chi connectivity index (χ0n) is 15.8. The molecule has 0 radical (unpaired) electrons. The van der Waals surface area contributed by atoms with E-state index >= 15 is 0 Å². The maximum absolute atomic E-state index is 13.3. The lowest BCUT2D eigenvalue weighted by Gasteiger charge is -2.27. The molecule has 0 saturated heterocycles. The standard InChI is InChI=1S/C20H27FN4O/c1-22-20(23-13-15-8-7-9-16(21)12-15)24-14-18(25(2)3)17-10-5-6-11-19(17)26-4/h5-12,18H,13-14H2,1-4H3,(H2,22,23,24). The number of hydrogen-bond donors (Lipinski definition) is 2. The van der Waals surface area contributed by atoms with Crippen molar-refractivity contribution >= 4 is 5.96 Å². The largest absolute Gasteiger partial charge is 0.496 e. The molecular formula is C20H27FN4O. The number of guanidine groups is 1. The first-order valence-corrected chi connectivity index (χ1v) is 8.53. The van der Waals surface area contributed by atoms with Crippen LogP contribution < -0.4 is 15.4 Å². The van der Waals surface area contributed by atoms with E-state index < -0.39 is 0 Å². The number of nitrogens with one attached hydrogen (secondary N) is 2. The minimum atomic E-state index is -0.240. The van der Waals surface area contributed by atoms with Gasteiger partial charge in [0.25, 0.3) is 0 Å². The fourth-order valence-corrected chi connectivity index (χ4v) is 2.76. The first-order chi connectivity index (χ1) is 12.5. The van der Waals surface area contributed by atoms with Gasteiger partial charge in [-0.25, -0.2) is 4.39 Å². The van der Waals surface area contributed by atoms with Crippen molar-refractivity contribution < 1.29 is 9.13 Å². The van der Waals surface area contributed by atoms with Crippen LogP contribution in [0.2, 0.25) is 0 Å². The Morgan fingerprint density at radius 1 is 1.15 bits per heavy atom. The molecule has 0 aliphatic heterocycles. The summed E-state index contributed by atoms with van der Waals surface area (Å²) in [5, 5.41) is 6.54. The molecule has 0 saturated carbocycles. The van der Waals surface area contributed by atoms with Gasteiger partial charge in [-0.3, -0.25) is 4.99 Å². The van der Waals surface area contributed by atoms with Crippen LogP contribution in [0.4, 0.5) is 4.39 Å². The molecule has 6 heteroatoms. The SMILES string of the molecule is CN=C(NCc1cccc(F)c1)NCC(c1ccccc1OC)N(C)C. The van der Waals surface area contributed by atoms with Crippen LogP contribution in [0, 0.1) is 5.82 Å². The van der Waals surface area contributed by atoms with Crippen molar-refractivity contribution in [2.45, 2.75) is 12.6 Å². The molecule has 2 rings (SSSR count). The number of hydrogen-bond acceptors (Lipinski definition) is 3. The van der Waals surface area contributed by atoms with Gasteiger partial charge < -0.3 is 20.3 Å². The minimum Gasteiger partial charge on any atom is -0.496 e. The number of ether oxygens (including phenoxy) is 1. The van der Waals surface area contributed by atoms with Crippen LogP contribution >= 0.6 is 0 Å². The minimum absolute atomic E-state index is 0.110. The Morgan fingerprint density at radius 2 is 1.92 bits per heavy atom. The van der Waals surface area contributed by atoms with Gasteiger partial charge in [0.1, 0.15) is 11.6 Å². The van der Waals surface area contributed by atoms with E-state index in [0.29, 0.717) is 19.0 Å². The molecule has 0 aliphatic rings. The van der Waals surface area contributed by atoms with Gasteiger partial charge in [-0.1, -0.05) is 30.3 Å². The van der Waals surface area contributed by atoms with Crippen molar-refractivity contribution in [3.8, 4) is 5.75 Å². The molecule has 0 fully saturated rings. The van der Waals surface area contributed by atoms with E-state index in [2.05, 4.69) is 26.6 Å². The van der Waals surface area contributed by atoms with Crippen LogP contribution in [0.3, 0.4) is 0 Å². The third kappa shape index (κ3) is 5.46. The van der Waals surface area contributed by atoms with E-state index in [1.807, 2.05) is 38.4 Å². The summed E-state index contributed by atoms with van der Waals surface area (Å²) in [5.74, 6) is 1.28. The topological polar surface area (TPSA) is 48.9 Å². The van der Waals surface area contributed by atoms with Crippen molar-refractivity contribution in [3.63, 3.8) is 0 Å². The Kier molecular flexibility index (Phi) is 7.41. The molecule has 1 unspecified atom stereocenters. The van der Waals surface area contributed by atoms with Crippen LogP contribution in [0.1, 0.15) is 17.2 Å². The van der Waals surface area contributed by atoms with Crippen LogP contribution in [0.15, 0.2) is 53.5 Å². The molecule has 1 atom stereocenters. The second-order valence-electron chi connectivity index (χ2n) is 6.16. The average molecular weight is 358 g/mol. The van der Waals surface area contributed by atoms with Crippen molar-refractivity contribution in [2.24, 2.45) is 4.99 Å². The third-order valence-electron chi connectivity index (χ3n) is 4.16. The summed E-state index contributed by atoms with van der Waals surface area (Å²) in [7, 11) is 7.45. The van der Waals surface area contributed by atoms with E-state index in [1.54, 1.807) is 20.2 Å². The molecule has 2 aromatic rings. The number of halogens is 1. The predicted octanol–water partition coefficient (Wildman–Crippen LogP) is 2.80. The quantitative estimate of drug-likeness (QED) is 0.590. The van der Waals surface area contributed by atoms with E-state index in [0.717, 1.165) is 16.9 Å². The van der Waals surface area contributed by atoms with Gasteiger partial charge in [-0.05, 0) is 37.9 Å². The Labute approximate surface area is 154 Å². The number of para-hydroxylation sites is 1. The lowest BCUT2D eigenvalue weighted by Crippen LogP contribution is -2.41. The summed E-state index contributed by atoms with van der Waals surface area (Å²) in [5.41, 5.74) is 1.97. The van der Waals surface area contributed by atoms with E-state index in [1.165, 1.54) is 12.1 Å². The van der Waals surface area contributed by atoms with Gasteiger partial charge in [-0.2, -0.15) is 0 Å². The second kappa shape index (κ2) is 9.77. The number of rotatable bonds is 7. The summed E-state index contributed by atoms with van der Waals surface area (Å²) in [6.45, 7) is 1.15. The number of benzene rings is 2. The van der Waals surface area contributed by atoms with Gasteiger partial charge in [0, 0.05) is 25.7 Å². The molecular weight excluding hydrogens is 331 g/mol. The fourth-order valence-electron chi connectivity index (χ4n) is 2.76. The Hall–Kier alpha value is -2.60. The predicted molar refractivity (Wildman–Crippen MR) is 104 cm³/mol. The highest BCUT2D eigenvalue weighted by molar-refractivity contribution is 5.79. The Bertz CT molecular complexity index is 733. The average Bonchev–Trinajstić information content (AvgIpc) is 2.64. The highest BCUT2D eigenvalue weighted by atomic mass is 19.1. The van der Waals surface area contributed by atoms with E-state index in [4.69, 9.17) is 4.74 Å². The molecule has 5 nitrogen and oxygen atoms in total. The van der Waals surface area contributed by atoms with Crippen LogP contribution in [0.5, 0.6) is 5.75 Å². The van der Waals surface area contributed by atoms with Crippen LogP contribution in [-0.2, 0) is 6.54 Å². The lowest BCUT2D eigenvalue weighted by molar-refractivity contribution is 0.287. The molecule has 2 N–H and O–H groups in total. The summed E-state index contributed by atoms with van der Waals surface area (Å²) in [6.07, 6.45) is 0. The highest BCUT2D eigenvalue weighted by Gasteiger charge is 2.18. The van der Waals surface area contributed by atoms with Crippen LogP contribution in [-0.4, -0.2) is 45.7 Å². The van der Waals surface area contributed by atoms with Crippen LogP contribution in [0.25, 0.3) is 0 Å². The van der Waals surface area contributed by atoms with E-state index in [9.17, 15) is 4.39 Å². The Balaban J connectivity index is 2.00. The van der Waals surface area contributed by atoms with Gasteiger partial charge in [0.15, 0.2) is 5.96 Å². The molecule has 0 spiro atoms. The molecule has 26 heavy (non-hydrogen) atoms. The van der Waals surface area contributed by atoms with Gasteiger partial charge in [0.2, 0.25) is 0 Å². The number of nitrogens with zero attached hydrogens (tertiary/aromatic N) is 2. The molecule has 0 amide bonds. The maximum atomic E-state index is 13.3. The Morgan fingerprint density at radius 3 is 2.58 bits per heavy atom. The van der Waals surface area contributed by atoms with E-state index in [-0.39, 0.29) is 11.9 Å². The first kappa shape index (κ1) is 19.7. The molecule has 140 valence electrons. The molecule has 0 bridgehead atoms. The van der Waals surface area contributed by atoms with Gasteiger partial charge in [-0.15, -0.1) is 0 Å². The maximum Gasteiger partial charge on any atom is 0.191 e. The molecule has 0 aromatic heterocycles. The monoisotopic (exact) mass is 358 g/mol. The second-order valence-corrected chi connectivity index (χ2v) is 6.16. The molecule has 0 heterocycles. The zero-order chi connectivity index (χ0) is 18.9. The summed E-state index contributed by atoms with van der Waals surface area (Å²) >= 11 is 0. The smallest absolute Gasteiger partial charge is 0.191 e. The fraction of sp³-hybridized carbons (Fsp3) is 0.350. The highest BCUT2D eigenvalue weighted by Crippen LogP contribution is 2.27. The zero-order valence-corrected chi connectivity index (χ0v) is 15.8. The van der Waals surface area contributed by atoms with Crippen molar-refractivity contribution in [1.29, 1.82) is 0 Å². The van der Waals surface area contributed by atoms with Crippen molar-refractivity contribution in [1.82, 2.24) is 15.5 Å². The normalized spacial score (nSPS) is 12.8. The summed E-state index contributed by atoms with van der Waals surface area (Å²) < 4.78 is 18.8. The van der Waals surface area contributed by atoms with Crippen molar-refractivity contribution in [3.05, 3.63) is 65.5 Å². The first-order valence-electron chi connectivity index (χ1n) is 8.53. The number of likely N-dealkylation sites (N-methyl/N-ethyl adjacent to an activating group) is 1. The van der Waals surface area contributed by atoms with Gasteiger partial charge in [0.05, 0.1) is 13.2 Å². The number of aliphatic imine (C=N–C) groups is 1. The van der Waals surface area contributed by atoms with Crippen molar-refractivity contribution in [2.75, 3.05) is 34.8 Å².